The molecule has 0 saturated heterocycles. The SMILES string of the molecule is CCCn1cc(S(=O)(=O)Nc2cncc(Cl)n2)nc1C. The third-order valence-electron chi connectivity index (χ3n) is 2.54. The van der Waals surface area contributed by atoms with E-state index in [0.717, 1.165) is 6.42 Å². The summed E-state index contributed by atoms with van der Waals surface area (Å²) in [5, 5.41) is 0.0584. The molecule has 0 spiro atoms. The summed E-state index contributed by atoms with van der Waals surface area (Å²) in [7, 11) is -3.79. The van der Waals surface area contributed by atoms with Gasteiger partial charge in [0.25, 0.3) is 10.0 Å². The van der Waals surface area contributed by atoms with Gasteiger partial charge in [-0.3, -0.25) is 9.71 Å². The van der Waals surface area contributed by atoms with E-state index in [0.29, 0.717) is 12.4 Å². The zero-order valence-electron chi connectivity index (χ0n) is 11.0. The number of halogens is 1. The molecule has 0 radical (unpaired) electrons. The van der Waals surface area contributed by atoms with Crippen molar-refractivity contribution >= 4 is 27.4 Å². The predicted octanol–water partition coefficient (Wildman–Crippen LogP) is 1.85. The van der Waals surface area contributed by atoms with Crippen LogP contribution in [0, 0.1) is 6.92 Å². The molecule has 0 aliphatic carbocycles. The lowest BCUT2D eigenvalue weighted by molar-refractivity contribution is 0.597. The predicted molar refractivity (Wildman–Crippen MR) is 75.1 cm³/mol. The number of anilines is 1. The highest BCUT2D eigenvalue weighted by Gasteiger charge is 2.20. The minimum Gasteiger partial charge on any atom is -0.334 e. The van der Waals surface area contributed by atoms with Gasteiger partial charge in [-0.2, -0.15) is 8.42 Å². The number of imidazole rings is 1. The zero-order valence-corrected chi connectivity index (χ0v) is 12.6. The van der Waals surface area contributed by atoms with E-state index in [2.05, 4.69) is 19.7 Å². The monoisotopic (exact) mass is 315 g/mol. The van der Waals surface area contributed by atoms with Gasteiger partial charge in [-0.25, -0.2) is 9.97 Å². The van der Waals surface area contributed by atoms with Crippen LogP contribution in [0.1, 0.15) is 19.2 Å². The number of rotatable bonds is 5. The zero-order chi connectivity index (χ0) is 14.8. The number of hydrogen-bond donors (Lipinski definition) is 1. The van der Waals surface area contributed by atoms with Gasteiger partial charge in [0.05, 0.1) is 12.4 Å². The quantitative estimate of drug-likeness (QED) is 0.909. The van der Waals surface area contributed by atoms with E-state index in [9.17, 15) is 8.42 Å². The number of sulfonamides is 1. The van der Waals surface area contributed by atoms with Crippen LogP contribution in [0.5, 0.6) is 0 Å². The van der Waals surface area contributed by atoms with Crippen LogP contribution < -0.4 is 4.72 Å². The molecule has 2 heterocycles. The lowest BCUT2D eigenvalue weighted by Crippen LogP contribution is -2.14. The standard InChI is InChI=1S/C11H14ClN5O2S/c1-3-4-17-7-11(14-8(17)2)20(18,19)16-10-6-13-5-9(12)15-10/h5-7H,3-4H2,1-2H3,(H,15,16). The summed E-state index contributed by atoms with van der Waals surface area (Å²) < 4.78 is 28.5. The molecule has 2 aromatic heterocycles. The number of nitrogens with one attached hydrogen (secondary N) is 1. The van der Waals surface area contributed by atoms with Gasteiger partial charge in [-0.15, -0.1) is 0 Å². The van der Waals surface area contributed by atoms with E-state index in [1.54, 1.807) is 11.5 Å². The molecule has 0 aliphatic heterocycles. The Bertz CT molecular complexity index is 713. The van der Waals surface area contributed by atoms with Gasteiger partial charge >= 0.3 is 0 Å². The van der Waals surface area contributed by atoms with Crippen molar-refractivity contribution in [3.63, 3.8) is 0 Å². The van der Waals surface area contributed by atoms with Crippen LogP contribution in [0.15, 0.2) is 23.6 Å². The average Bonchev–Trinajstić information content (AvgIpc) is 2.72. The fourth-order valence-corrected chi connectivity index (χ4v) is 2.80. The molecule has 108 valence electrons. The molecule has 0 aromatic carbocycles. The fourth-order valence-electron chi connectivity index (χ4n) is 1.66. The Balaban J connectivity index is 2.28. The van der Waals surface area contributed by atoms with Crippen LogP contribution in [0.3, 0.4) is 0 Å². The Morgan fingerprint density at radius 3 is 2.75 bits per heavy atom. The Morgan fingerprint density at radius 2 is 2.10 bits per heavy atom. The van der Waals surface area contributed by atoms with Crippen LogP contribution >= 0.6 is 11.6 Å². The molecule has 7 nitrogen and oxygen atoms in total. The molecule has 0 fully saturated rings. The largest absolute Gasteiger partial charge is 0.334 e. The Labute approximate surface area is 122 Å². The van der Waals surface area contributed by atoms with E-state index < -0.39 is 10.0 Å². The van der Waals surface area contributed by atoms with E-state index in [4.69, 9.17) is 11.6 Å². The van der Waals surface area contributed by atoms with Crippen LogP contribution in [0.4, 0.5) is 5.82 Å². The highest BCUT2D eigenvalue weighted by atomic mass is 35.5. The highest BCUT2D eigenvalue weighted by Crippen LogP contribution is 2.15. The molecule has 2 aromatic rings. The lowest BCUT2D eigenvalue weighted by Gasteiger charge is -2.04. The average molecular weight is 316 g/mol. The summed E-state index contributed by atoms with van der Waals surface area (Å²) in [6.07, 6.45) is 4.99. The summed E-state index contributed by atoms with van der Waals surface area (Å²) in [6, 6.07) is 0. The van der Waals surface area contributed by atoms with Crippen LogP contribution in [0.25, 0.3) is 0 Å². The third kappa shape index (κ3) is 3.26. The summed E-state index contributed by atoms with van der Waals surface area (Å²) in [5.74, 6) is 0.699. The number of aryl methyl sites for hydroxylation is 2. The second-order valence-corrected chi connectivity index (χ2v) is 6.17. The van der Waals surface area contributed by atoms with Gasteiger partial charge < -0.3 is 4.57 Å². The number of nitrogens with zero attached hydrogens (tertiary/aromatic N) is 4. The Kier molecular flexibility index (Phi) is 4.24. The maximum absolute atomic E-state index is 12.2. The van der Waals surface area contributed by atoms with Gasteiger partial charge in [-0.1, -0.05) is 18.5 Å². The van der Waals surface area contributed by atoms with Crippen molar-refractivity contribution in [3.05, 3.63) is 29.6 Å². The fraction of sp³-hybridized carbons (Fsp3) is 0.364. The number of hydrogen-bond acceptors (Lipinski definition) is 5. The summed E-state index contributed by atoms with van der Waals surface area (Å²) in [6.45, 7) is 4.48. The highest BCUT2D eigenvalue weighted by molar-refractivity contribution is 7.92. The molecule has 1 N–H and O–H groups in total. The molecule has 0 atom stereocenters. The van der Waals surface area contributed by atoms with Crippen molar-refractivity contribution in [1.82, 2.24) is 19.5 Å². The molecular formula is C11H14ClN5O2S. The van der Waals surface area contributed by atoms with Gasteiger partial charge in [0, 0.05) is 12.7 Å². The topological polar surface area (TPSA) is 89.8 Å². The van der Waals surface area contributed by atoms with E-state index in [-0.39, 0.29) is 16.0 Å². The van der Waals surface area contributed by atoms with Gasteiger partial charge in [0.2, 0.25) is 0 Å². The molecule has 20 heavy (non-hydrogen) atoms. The molecular weight excluding hydrogens is 302 g/mol. The minimum absolute atomic E-state index is 0.0507. The molecule has 0 aliphatic rings. The Hall–Kier alpha value is -1.67. The Morgan fingerprint density at radius 1 is 1.35 bits per heavy atom. The van der Waals surface area contributed by atoms with Crippen molar-refractivity contribution in [1.29, 1.82) is 0 Å². The van der Waals surface area contributed by atoms with Gasteiger partial charge in [0.15, 0.2) is 10.8 Å². The minimum atomic E-state index is -3.79. The third-order valence-corrected chi connectivity index (χ3v) is 3.95. The molecule has 9 heteroatoms. The second-order valence-electron chi connectivity index (χ2n) is 4.15. The van der Waals surface area contributed by atoms with Gasteiger partial charge in [-0.05, 0) is 13.3 Å². The van der Waals surface area contributed by atoms with Crippen LogP contribution in [-0.4, -0.2) is 27.9 Å². The molecule has 2 rings (SSSR count). The van der Waals surface area contributed by atoms with Crippen molar-refractivity contribution in [2.24, 2.45) is 0 Å². The summed E-state index contributed by atoms with van der Waals surface area (Å²) >= 11 is 5.66. The van der Waals surface area contributed by atoms with Crippen LogP contribution in [-0.2, 0) is 16.6 Å². The maximum atomic E-state index is 12.2. The van der Waals surface area contributed by atoms with Crippen molar-refractivity contribution < 1.29 is 8.42 Å². The first kappa shape index (κ1) is 14.7. The van der Waals surface area contributed by atoms with E-state index in [1.807, 2.05) is 6.92 Å². The normalized spacial score (nSPS) is 11.6. The second kappa shape index (κ2) is 5.76. The molecule has 0 saturated carbocycles. The summed E-state index contributed by atoms with van der Waals surface area (Å²) in [4.78, 5) is 11.6. The van der Waals surface area contributed by atoms with Crippen LogP contribution in [0.2, 0.25) is 5.15 Å². The summed E-state index contributed by atoms with van der Waals surface area (Å²) in [5.41, 5.74) is 0. The van der Waals surface area contributed by atoms with Crippen molar-refractivity contribution in [2.75, 3.05) is 4.72 Å². The first-order valence-corrected chi connectivity index (χ1v) is 7.82. The maximum Gasteiger partial charge on any atom is 0.282 e. The molecule has 0 bridgehead atoms. The molecule has 0 amide bonds. The lowest BCUT2D eigenvalue weighted by atomic mass is 10.5. The van der Waals surface area contributed by atoms with E-state index >= 15 is 0 Å². The van der Waals surface area contributed by atoms with Crippen molar-refractivity contribution in [2.45, 2.75) is 31.8 Å². The first-order chi connectivity index (χ1) is 9.42. The van der Waals surface area contributed by atoms with E-state index in [1.165, 1.54) is 18.6 Å². The smallest absolute Gasteiger partial charge is 0.282 e. The van der Waals surface area contributed by atoms with Gasteiger partial charge in [0.1, 0.15) is 11.0 Å². The molecule has 0 unspecified atom stereocenters. The first-order valence-electron chi connectivity index (χ1n) is 5.96. The number of aromatic nitrogens is 4. The van der Waals surface area contributed by atoms with Crippen molar-refractivity contribution in [3.8, 4) is 0 Å².